The van der Waals surface area contributed by atoms with Gasteiger partial charge in [0.25, 0.3) is 0 Å². The number of fused-ring (bicyclic) bond motifs is 1. The van der Waals surface area contributed by atoms with Gasteiger partial charge >= 0.3 is 0 Å². The summed E-state index contributed by atoms with van der Waals surface area (Å²) in [6.07, 6.45) is 3.14. The number of rotatable bonds is 4. The fraction of sp³-hybridized carbons (Fsp3) is 0.429. The summed E-state index contributed by atoms with van der Waals surface area (Å²) in [6.45, 7) is 7.22. The molecule has 0 aliphatic heterocycles. The minimum absolute atomic E-state index is 0.392. The predicted octanol–water partition coefficient (Wildman–Crippen LogP) is 1.48. The van der Waals surface area contributed by atoms with Gasteiger partial charge in [-0.15, -0.1) is 0 Å². The molecule has 0 aromatic carbocycles. The van der Waals surface area contributed by atoms with Gasteiger partial charge in [0.05, 0.1) is 12.0 Å². The maximum absolute atomic E-state index is 4.66. The van der Waals surface area contributed by atoms with Gasteiger partial charge in [-0.25, -0.2) is 19.6 Å². The molecule has 1 atom stereocenters. The Bertz CT molecular complexity index is 771. The summed E-state index contributed by atoms with van der Waals surface area (Å²) in [5, 5.41) is 7.88. The molecule has 7 nitrogen and oxygen atoms in total. The highest BCUT2D eigenvalue weighted by Gasteiger charge is 2.20. The minimum atomic E-state index is 0.392. The molecular weight excluding hydrogens is 266 g/mol. The van der Waals surface area contributed by atoms with E-state index in [4.69, 9.17) is 0 Å². The Labute approximate surface area is 122 Å². The maximum atomic E-state index is 4.66. The normalized spacial score (nSPS) is 13.0. The third-order valence-corrected chi connectivity index (χ3v) is 3.75. The number of imidazole rings is 1. The second-order valence-electron chi connectivity index (χ2n) is 5.25. The Morgan fingerprint density at radius 2 is 2.10 bits per heavy atom. The first kappa shape index (κ1) is 13.7. The standard InChI is InChI=1S/C14H19N7/c1-8(5-15-4)11-9(2)20-21(10(11)3)14-12-13(17-6-16-12)18-7-19-14/h6-8,15H,5H2,1-4H3,(H,16,17,18,19). The molecule has 0 fully saturated rings. The van der Waals surface area contributed by atoms with Crippen LogP contribution in [-0.2, 0) is 0 Å². The summed E-state index contributed by atoms with van der Waals surface area (Å²) in [4.78, 5) is 15.8. The van der Waals surface area contributed by atoms with E-state index in [1.54, 1.807) is 6.33 Å². The van der Waals surface area contributed by atoms with Crippen molar-refractivity contribution in [3.63, 3.8) is 0 Å². The van der Waals surface area contributed by atoms with Crippen molar-refractivity contribution >= 4 is 11.2 Å². The van der Waals surface area contributed by atoms with Crippen LogP contribution < -0.4 is 5.32 Å². The smallest absolute Gasteiger partial charge is 0.182 e. The van der Waals surface area contributed by atoms with Crippen molar-refractivity contribution in [2.45, 2.75) is 26.7 Å². The van der Waals surface area contributed by atoms with Gasteiger partial charge in [0.2, 0.25) is 0 Å². The lowest BCUT2D eigenvalue weighted by molar-refractivity contribution is 0.670. The van der Waals surface area contributed by atoms with Crippen LogP contribution in [0.2, 0.25) is 0 Å². The lowest BCUT2D eigenvalue weighted by Crippen LogP contribution is -2.16. The monoisotopic (exact) mass is 285 g/mol. The highest BCUT2D eigenvalue weighted by Crippen LogP contribution is 2.26. The molecule has 0 saturated carbocycles. The number of aryl methyl sites for hydroxylation is 1. The molecule has 0 aliphatic rings. The predicted molar refractivity (Wildman–Crippen MR) is 80.6 cm³/mol. The zero-order chi connectivity index (χ0) is 15.0. The Morgan fingerprint density at radius 1 is 1.29 bits per heavy atom. The third kappa shape index (κ3) is 2.19. The number of hydrogen-bond donors (Lipinski definition) is 2. The van der Waals surface area contributed by atoms with Crippen LogP contribution in [0.4, 0.5) is 0 Å². The Hall–Kier alpha value is -2.28. The lowest BCUT2D eigenvalue weighted by Gasteiger charge is -2.11. The van der Waals surface area contributed by atoms with Gasteiger partial charge in [0.1, 0.15) is 11.8 Å². The van der Waals surface area contributed by atoms with E-state index < -0.39 is 0 Å². The van der Waals surface area contributed by atoms with Gasteiger partial charge in [0, 0.05) is 17.8 Å². The molecule has 0 bridgehead atoms. The van der Waals surface area contributed by atoms with Crippen LogP contribution in [0.1, 0.15) is 29.8 Å². The average Bonchev–Trinajstić information content (AvgIpc) is 3.03. The second-order valence-corrected chi connectivity index (χ2v) is 5.25. The van der Waals surface area contributed by atoms with Crippen LogP contribution in [0.15, 0.2) is 12.7 Å². The van der Waals surface area contributed by atoms with Crippen LogP contribution >= 0.6 is 0 Å². The Morgan fingerprint density at radius 3 is 2.86 bits per heavy atom. The van der Waals surface area contributed by atoms with Crippen LogP contribution in [0.3, 0.4) is 0 Å². The number of nitrogens with one attached hydrogen (secondary N) is 2. The van der Waals surface area contributed by atoms with Crippen LogP contribution in [0, 0.1) is 13.8 Å². The topological polar surface area (TPSA) is 84.3 Å². The Kier molecular flexibility index (Phi) is 3.42. The molecule has 3 aromatic heterocycles. The molecule has 21 heavy (non-hydrogen) atoms. The van der Waals surface area contributed by atoms with Crippen molar-refractivity contribution in [3.05, 3.63) is 29.6 Å². The lowest BCUT2D eigenvalue weighted by atomic mass is 9.99. The molecule has 2 N–H and O–H groups in total. The van der Waals surface area contributed by atoms with Gasteiger partial charge in [-0.05, 0) is 26.8 Å². The molecule has 7 heteroatoms. The number of aromatic nitrogens is 6. The van der Waals surface area contributed by atoms with Crippen molar-refractivity contribution < 1.29 is 0 Å². The summed E-state index contributed by atoms with van der Waals surface area (Å²) in [7, 11) is 1.96. The van der Waals surface area contributed by atoms with E-state index in [9.17, 15) is 0 Å². The zero-order valence-electron chi connectivity index (χ0n) is 12.7. The van der Waals surface area contributed by atoms with Gasteiger partial charge in [-0.1, -0.05) is 6.92 Å². The molecule has 110 valence electrons. The number of hydrogen-bond acceptors (Lipinski definition) is 5. The summed E-state index contributed by atoms with van der Waals surface area (Å²) in [6, 6.07) is 0. The number of nitrogens with zero attached hydrogens (tertiary/aromatic N) is 5. The van der Waals surface area contributed by atoms with Gasteiger partial charge < -0.3 is 10.3 Å². The maximum Gasteiger partial charge on any atom is 0.182 e. The van der Waals surface area contributed by atoms with Crippen LogP contribution in [0.5, 0.6) is 0 Å². The zero-order valence-corrected chi connectivity index (χ0v) is 12.7. The van der Waals surface area contributed by atoms with Gasteiger partial charge in [0.15, 0.2) is 11.5 Å². The van der Waals surface area contributed by atoms with E-state index in [-0.39, 0.29) is 0 Å². The van der Waals surface area contributed by atoms with Crippen LogP contribution in [-0.4, -0.2) is 43.3 Å². The van der Waals surface area contributed by atoms with Crippen molar-refractivity contribution in [2.24, 2.45) is 0 Å². The van der Waals surface area contributed by atoms with E-state index in [1.165, 1.54) is 11.9 Å². The minimum Gasteiger partial charge on any atom is -0.340 e. The summed E-state index contributed by atoms with van der Waals surface area (Å²) >= 11 is 0. The van der Waals surface area contributed by atoms with Crippen molar-refractivity contribution in [1.82, 2.24) is 35.0 Å². The summed E-state index contributed by atoms with van der Waals surface area (Å²) < 4.78 is 1.87. The van der Waals surface area contributed by atoms with Gasteiger partial charge in [-0.2, -0.15) is 5.10 Å². The quantitative estimate of drug-likeness (QED) is 0.758. The fourth-order valence-corrected chi connectivity index (χ4v) is 2.90. The van der Waals surface area contributed by atoms with E-state index in [2.05, 4.69) is 44.2 Å². The Balaban J connectivity index is 2.16. The van der Waals surface area contributed by atoms with E-state index in [0.717, 1.165) is 29.3 Å². The molecule has 0 aliphatic carbocycles. The number of likely N-dealkylation sites (N-methyl/N-ethyl adjacent to an activating group) is 1. The first-order valence-corrected chi connectivity index (χ1v) is 6.98. The second kappa shape index (κ2) is 5.25. The average molecular weight is 285 g/mol. The van der Waals surface area contributed by atoms with E-state index in [1.807, 2.05) is 18.7 Å². The first-order valence-electron chi connectivity index (χ1n) is 6.98. The van der Waals surface area contributed by atoms with E-state index in [0.29, 0.717) is 11.6 Å². The third-order valence-electron chi connectivity index (χ3n) is 3.75. The molecule has 1 unspecified atom stereocenters. The SMILES string of the molecule is CNCC(C)c1c(C)nn(-c2ncnc3nc[nH]c23)c1C. The van der Waals surface area contributed by atoms with Crippen molar-refractivity contribution in [1.29, 1.82) is 0 Å². The largest absolute Gasteiger partial charge is 0.340 e. The van der Waals surface area contributed by atoms with Crippen LogP contribution in [0.25, 0.3) is 17.0 Å². The van der Waals surface area contributed by atoms with Crippen molar-refractivity contribution in [2.75, 3.05) is 13.6 Å². The van der Waals surface area contributed by atoms with E-state index >= 15 is 0 Å². The highest BCUT2D eigenvalue weighted by atomic mass is 15.3. The molecule has 0 spiro atoms. The fourth-order valence-electron chi connectivity index (χ4n) is 2.90. The highest BCUT2D eigenvalue weighted by molar-refractivity contribution is 5.77. The molecule has 3 rings (SSSR count). The molecule has 3 heterocycles. The first-order chi connectivity index (χ1) is 10.1. The molecular formula is C14H19N7. The molecule has 3 aromatic rings. The molecule has 0 amide bonds. The molecule has 0 radical (unpaired) electrons. The van der Waals surface area contributed by atoms with Crippen molar-refractivity contribution in [3.8, 4) is 5.82 Å². The summed E-state index contributed by atoms with van der Waals surface area (Å²) in [5.41, 5.74) is 4.84. The number of aromatic amines is 1. The van der Waals surface area contributed by atoms with Gasteiger partial charge in [-0.3, -0.25) is 0 Å². The number of H-pyrrole nitrogens is 1. The molecule has 0 saturated heterocycles. The summed E-state index contributed by atoms with van der Waals surface area (Å²) in [5.74, 6) is 1.13.